The zero-order valence-corrected chi connectivity index (χ0v) is 16.2. The van der Waals surface area contributed by atoms with Gasteiger partial charge in [-0.05, 0) is 38.0 Å². The van der Waals surface area contributed by atoms with E-state index >= 15 is 0 Å². The number of halogens is 3. The van der Waals surface area contributed by atoms with Gasteiger partial charge in [-0.2, -0.15) is 8.78 Å². The van der Waals surface area contributed by atoms with Crippen LogP contribution in [0.4, 0.5) is 8.78 Å². The molecule has 9 heteroatoms. The van der Waals surface area contributed by atoms with E-state index in [1.165, 1.54) is 6.07 Å². The molecule has 1 fully saturated rings. The summed E-state index contributed by atoms with van der Waals surface area (Å²) < 4.78 is 30.4. The number of amides is 1. The van der Waals surface area contributed by atoms with Crippen molar-refractivity contribution in [2.75, 3.05) is 26.2 Å². The molecule has 0 saturated carbocycles. The monoisotopic (exact) mass is 432 g/mol. The summed E-state index contributed by atoms with van der Waals surface area (Å²) in [5, 5.41) is 6.03. The first-order valence-electron chi connectivity index (χ1n) is 8.52. The minimum absolute atomic E-state index is 0.0253. The van der Waals surface area contributed by atoms with Gasteiger partial charge in [-0.25, -0.2) is 4.99 Å². The van der Waals surface area contributed by atoms with E-state index in [4.69, 9.17) is 0 Å². The van der Waals surface area contributed by atoms with E-state index in [0.717, 1.165) is 30.4 Å². The second-order valence-corrected chi connectivity index (χ2v) is 6.68. The molecule has 0 unspecified atom stereocenters. The third kappa shape index (κ3) is 6.44. The lowest BCUT2D eigenvalue weighted by atomic mass is 10.2. The number of rotatable bonds is 7. The van der Waals surface area contributed by atoms with Gasteiger partial charge in [0.25, 0.3) is 0 Å². The molecule has 2 rings (SSSR count). The Labute approximate surface area is 160 Å². The lowest BCUT2D eigenvalue weighted by Crippen LogP contribution is -2.44. The van der Waals surface area contributed by atoms with Gasteiger partial charge in [-0.1, -0.05) is 15.9 Å². The molecule has 0 spiro atoms. The number of hydrogen-bond donors (Lipinski definition) is 2. The fourth-order valence-corrected chi connectivity index (χ4v) is 3.03. The number of carbonyl (C=O) groups is 1. The van der Waals surface area contributed by atoms with E-state index in [1.807, 2.05) is 11.8 Å². The Morgan fingerprint density at radius 2 is 2.08 bits per heavy atom. The molecule has 1 aromatic carbocycles. The molecule has 0 bridgehead atoms. The lowest BCUT2D eigenvalue weighted by molar-refractivity contribution is -0.128. The standard InChI is InChI=1S/C17H23BrF2N4O2/c1-2-21-17(23-11-15(25)24-7-3-4-8-24)22-10-12-9-13(18)5-6-14(12)26-16(19)20/h5-6,9,16H,2-4,7-8,10-11H2,1H3,(H2,21,22,23). The quantitative estimate of drug-likeness (QED) is 0.513. The van der Waals surface area contributed by atoms with Crippen LogP contribution < -0.4 is 15.4 Å². The Morgan fingerprint density at radius 1 is 1.35 bits per heavy atom. The Morgan fingerprint density at radius 3 is 2.73 bits per heavy atom. The number of alkyl halides is 2. The summed E-state index contributed by atoms with van der Waals surface area (Å²) in [4.78, 5) is 18.3. The number of likely N-dealkylation sites (tertiary alicyclic amines) is 1. The summed E-state index contributed by atoms with van der Waals surface area (Å²) in [6, 6.07) is 4.78. The van der Waals surface area contributed by atoms with Crippen LogP contribution in [-0.4, -0.2) is 49.6 Å². The van der Waals surface area contributed by atoms with Crippen LogP contribution in [-0.2, 0) is 11.3 Å². The van der Waals surface area contributed by atoms with Crippen LogP contribution in [0.3, 0.4) is 0 Å². The molecule has 0 aromatic heterocycles. The summed E-state index contributed by atoms with van der Waals surface area (Å²) in [6.07, 6.45) is 2.07. The first kappa shape index (κ1) is 20.4. The number of carbonyl (C=O) groups excluding carboxylic acids is 1. The van der Waals surface area contributed by atoms with Crippen LogP contribution in [0, 0.1) is 0 Å². The second kappa shape index (κ2) is 10.3. The lowest BCUT2D eigenvalue weighted by Gasteiger charge is -2.17. The minimum atomic E-state index is -2.90. The summed E-state index contributed by atoms with van der Waals surface area (Å²) in [5.74, 6) is 0.552. The molecule has 144 valence electrons. The smallest absolute Gasteiger partial charge is 0.387 e. The molecule has 1 heterocycles. The van der Waals surface area contributed by atoms with E-state index < -0.39 is 6.61 Å². The average molecular weight is 433 g/mol. The Balaban J connectivity index is 2.01. The molecular weight excluding hydrogens is 410 g/mol. The number of hydrogen-bond acceptors (Lipinski definition) is 3. The maximum atomic E-state index is 12.5. The van der Waals surface area contributed by atoms with Crippen molar-refractivity contribution in [2.45, 2.75) is 32.9 Å². The molecule has 2 N–H and O–H groups in total. The van der Waals surface area contributed by atoms with Crippen LogP contribution in [0.25, 0.3) is 0 Å². The van der Waals surface area contributed by atoms with Crippen molar-refractivity contribution in [2.24, 2.45) is 4.99 Å². The molecule has 0 radical (unpaired) electrons. The Hall–Kier alpha value is -1.90. The fourth-order valence-electron chi connectivity index (χ4n) is 2.63. The number of nitrogens with zero attached hydrogens (tertiary/aromatic N) is 2. The van der Waals surface area contributed by atoms with Crippen molar-refractivity contribution < 1.29 is 18.3 Å². The molecule has 1 saturated heterocycles. The van der Waals surface area contributed by atoms with Crippen molar-refractivity contribution in [3.63, 3.8) is 0 Å². The van der Waals surface area contributed by atoms with Crippen LogP contribution in [0.2, 0.25) is 0 Å². The van der Waals surface area contributed by atoms with E-state index in [-0.39, 0.29) is 24.7 Å². The average Bonchev–Trinajstić information content (AvgIpc) is 3.13. The molecule has 26 heavy (non-hydrogen) atoms. The van der Waals surface area contributed by atoms with Gasteiger partial charge in [0.2, 0.25) is 5.91 Å². The molecule has 6 nitrogen and oxygen atoms in total. The number of ether oxygens (including phenoxy) is 1. The maximum Gasteiger partial charge on any atom is 0.387 e. The zero-order chi connectivity index (χ0) is 18.9. The highest BCUT2D eigenvalue weighted by atomic mass is 79.9. The second-order valence-electron chi connectivity index (χ2n) is 5.77. The number of nitrogens with one attached hydrogen (secondary N) is 2. The zero-order valence-electron chi connectivity index (χ0n) is 14.6. The normalized spacial score (nSPS) is 14.7. The van der Waals surface area contributed by atoms with E-state index in [9.17, 15) is 13.6 Å². The first-order chi connectivity index (χ1) is 12.5. The van der Waals surface area contributed by atoms with E-state index in [0.29, 0.717) is 18.1 Å². The van der Waals surface area contributed by atoms with Crippen LogP contribution >= 0.6 is 15.9 Å². The molecule has 1 aliphatic heterocycles. The summed E-state index contributed by atoms with van der Waals surface area (Å²) >= 11 is 3.31. The molecule has 0 atom stereocenters. The maximum absolute atomic E-state index is 12.5. The predicted octanol–water partition coefficient (Wildman–Crippen LogP) is 2.73. The van der Waals surface area contributed by atoms with Gasteiger partial charge >= 0.3 is 6.61 Å². The number of guanidine groups is 1. The SMILES string of the molecule is CCNC(=NCc1cc(Br)ccc1OC(F)F)NCC(=O)N1CCCC1. The highest BCUT2D eigenvalue weighted by molar-refractivity contribution is 9.10. The van der Waals surface area contributed by atoms with Gasteiger partial charge in [0.05, 0.1) is 13.1 Å². The van der Waals surface area contributed by atoms with E-state index in [2.05, 4.69) is 36.3 Å². The number of benzene rings is 1. The van der Waals surface area contributed by atoms with Crippen molar-refractivity contribution >= 4 is 27.8 Å². The van der Waals surface area contributed by atoms with Crippen molar-refractivity contribution in [1.29, 1.82) is 0 Å². The molecule has 1 aromatic rings. The highest BCUT2D eigenvalue weighted by Crippen LogP contribution is 2.25. The Bertz CT molecular complexity index is 637. The summed E-state index contributed by atoms with van der Waals surface area (Å²) in [5.41, 5.74) is 0.516. The third-order valence-electron chi connectivity index (χ3n) is 3.86. The van der Waals surface area contributed by atoms with Crippen molar-refractivity contribution in [3.05, 3.63) is 28.2 Å². The molecule has 1 aliphatic rings. The number of aliphatic imine (C=N–C) groups is 1. The fraction of sp³-hybridized carbons (Fsp3) is 0.529. The van der Waals surface area contributed by atoms with Gasteiger partial charge < -0.3 is 20.3 Å². The van der Waals surface area contributed by atoms with Gasteiger partial charge in [-0.3, -0.25) is 4.79 Å². The Kier molecular flexibility index (Phi) is 8.08. The van der Waals surface area contributed by atoms with Gasteiger partial charge in [-0.15, -0.1) is 0 Å². The van der Waals surface area contributed by atoms with Crippen LogP contribution in [0.15, 0.2) is 27.7 Å². The van der Waals surface area contributed by atoms with Crippen LogP contribution in [0.5, 0.6) is 5.75 Å². The van der Waals surface area contributed by atoms with Crippen molar-refractivity contribution in [3.8, 4) is 5.75 Å². The largest absolute Gasteiger partial charge is 0.434 e. The topological polar surface area (TPSA) is 66.0 Å². The predicted molar refractivity (Wildman–Crippen MR) is 99.4 cm³/mol. The third-order valence-corrected chi connectivity index (χ3v) is 4.35. The van der Waals surface area contributed by atoms with Gasteiger partial charge in [0.1, 0.15) is 5.75 Å². The van der Waals surface area contributed by atoms with Gasteiger partial charge in [0.15, 0.2) is 5.96 Å². The first-order valence-corrected chi connectivity index (χ1v) is 9.32. The highest BCUT2D eigenvalue weighted by Gasteiger charge is 2.17. The van der Waals surface area contributed by atoms with Crippen molar-refractivity contribution in [1.82, 2.24) is 15.5 Å². The summed E-state index contributed by atoms with van der Waals surface area (Å²) in [7, 11) is 0. The van der Waals surface area contributed by atoms with Crippen LogP contribution in [0.1, 0.15) is 25.3 Å². The molecular formula is C17H23BrF2N4O2. The molecule has 0 aliphatic carbocycles. The minimum Gasteiger partial charge on any atom is -0.434 e. The summed E-state index contributed by atoms with van der Waals surface area (Å²) in [6.45, 7) is 1.48. The van der Waals surface area contributed by atoms with Gasteiger partial charge in [0, 0.05) is 29.7 Å². The molecule has 1 amide bonds. The van der Waals surface area contributed by atoms with E-state index in [1.54, 1.807) is 12.1 Å².